The minimum absolute atomic E-state index is 0.157. The van der Waals surface area contributed by atoms with Crippen LogP contribution in [0.25, 0.3) is 0 Å². The van der Waals surface area contributed by atoms with Gasteiger partial charge in [-0.2, -0.15) is 0 Å². The number of allylic oxidation sites excluding steroid dienone is 3. The Labute approximate surface area is 60.4 Å². The van der Waals surface area contributed by atoms with Gasteiger partial charge < -0.3 is 0 Å². The Kier molecular flexibility index (Phi) is 0.942. The molecule has 52 valence electrons. The first-order chi connectivity index (χ1) is 4.78. The molecule has 2 rings (SSSR count). The summed E-state index contributed by atoms with van der Waals surface area (Å²) in [6.45, 7) is 3.71. The van der Waals surface area contributed by atoms with Crippen molar-refractivity contribution in [2.24, 2.45) is 5.41 Å². The van der Waals surface area contributed by atoms with E-state index in [0.29, 0.717) is 5.78 Å². The van der Waals surface area contributed by atoms with Crippen molar-refractivity contribution in [1.82, 2.24) is 0 Å². The predicted molar refractivity (Wildman–Crippen MR) is 39.6 cm³/mol. The minimum atomic E-state index is -0.157. The molecule has 2 aliphatic carbocycles. The molecule has 1 nitrogen and oxygen atoms in total. The monoisotopic (exact) mass is 134 g/mol. The SMILES string of the molecule is C=CC12CC=C(CC1)C2=O. The summed E-state index contributed by atoms with van der Waals surface area (Å²) in [7, 11) is 0. The van der Waals surface area contributed by atoms with Crippen molar-refractivity contribution in [2.75, 3.05) is 0 Å². The van der Waals surface area contributed by atoms with Crippen LogP contribution in [0.4, 0.5) is 0 Å². The Balaban J connectivity index is 2.47. The largest absolute Gasteiger partial charge is 0.294 e. The van der Waals surface area contributed by atoms with Gasteiger partial charge in [0.25, 0.3) is 0 Å². The van der Waals surface area contributed by atoms with Crippen molar-refractivity contribution < 1.29 is 4.79 Å². The molecule has 0 aromatic carbocycles. The Morgan fingerprint density at radius 3 is 2.70 bits per heavy atom. The maximum atomic E-state index is 11.4. The molecular formula is C9H10O. The molecule has 1 heteroatoms. The summed E-state index contributed by atoms with van der Waals surface area (Å²) in [6.07, 6.45) is 6.77. The van der Waals surface area contributed by atoms with Crippen LogP contribution >= 0.6 is 0 Å². The lowest BCUT2D eigenvalue weighted by Crippen LogP contribution is -2.18. The number of fused-ring (bicyclic) bond motifs is 2. The summed E-state index contributed by atoms with van der Waals surface area (Å²) < 4.78 is 0. The van der Waals surface area contributed by atoms with Crippen molar-refractivity contribution >= 4 is 5.78 Å². The molecule has 1 saturated carbocycles. The Hall–Kier alpha value is -0.850. The quantitative estimate of drug-likeness (QED) is 0.500. The summed E-state index contributed by atoms with van der Waals surface area (Å²) in [5.74, 6) is 0.336. The van der Waals surface area contributed by atoms with E-state index in [1.54, 1.807) is 0 Å². The molecular weight excluding hydrogens is 124 g/mol. The van der Waals surface area contributed by atoms with Crippen molar-refractivity contribution in [3.05, 3.63) is 24.3 Å². The zero-order chi connectivity index (χ0) is 7.19. The number of rotatable bonds is 1. The number of ketones is 1. The third-order valence-corrected chi connectivity index (χ3v) is 2.69. The van der Waals surface area contributed by atoms with Crippen LogP contribution < -0.4 is 0 Å². The summed E-state index contributed by atoms with van der Waals surface area (Å²) in [5.41, 5.74) is 0.884. The highest BCUT2D eigenvalue weighted by Gasteiger charge is 2.45. The fourth-order valence-electron chi connectivity index (χ4n) is 1.88. The van der Waals surface area contributed by atoms with Gasteiger partial charge in [-0.05, 0) is 24.8 Å². The first kappa shape index (κ1) is 5.90. The van der Waals surface area contributed by atoms with Crippen LogP contribution in [0.1, 0.15) is 19.3 Å². The first-order valence-corrected chi connectivity index (χ1v) is 3.66. The third-order valence-electron chi connectivity index (χ3n) is 2.69. The van der Waals surface area contributed by atoms with Crippen molar-refractivity contribution in [2.45, 2.75) is 19.3 Å². The van der Waals surface area contributed by atoms with Crippen LogP contribution in [-0.2, 0) is 4.79 Å². The summed E-state index contributed by atoms with van der Waals surface area (Å²) in [4.78, 5) is 11.4. The van der Waals surface area contributed by atoms with Gasteiger partial charge in [-0.3, -0.25) is 4.79 Å². The lowest BCUT2D eigenvalue weighted by atomic mass is 9.84. The van der Waals surface area contributed by atoms with Gasteiger partial charge in [0, 0.05) is 0 Å². The summed E-state index contributed by atoms with van der Waals surface area (Å²) in [5, 5.41) is 0. The topological polar surface area (TPSA) is 17.1 Å². The van der Waals surface area contributed by atoms with Crippen molar-refractivity contribution in [3.8, 4) is 0 Å². The zero-order valence-electron chi connectivity index (χ0n) is 5.89. The fourth-order valence-corrected chi connectivity index (χ4v) is 1.88. The average Bonchev–Trinajstić information content (AvgIpc) is 2.46. The van der Waals surface area contributed by atoms with E-state index in [1.807, 2.05) is 6.08 Å². The maximum Gasteiger partial charge on any atom is 0.168 e. The van der Waals surface area contributed by atoms with Gasteiger partial charge in [-0.15, -0.1) is 6.58 Å². The van der Waals surface area contributed by atoms with Gasteiger partial charge in [0.2, 0.25) is 0 Å². The van der Waals surface area contributed by atoms with E-state index in [2.05, 4.69) is 12.7 Å². The minimum Gasteiger partial charge on any atom is -0.294 e. The molecule has 0 heterocycles. The van der Waals surface area contributed by atoms with E-state index < -0.39 is 0 Å². The molecule has 1 atom stereocenters. The normalized spacial score (nSPS) is 36.4. The molecule has 0 aromatic heterocycles. The van der Waals surface area contributed by atoms with Crippen molar-refractivity contribution in [1.29, 1.82) is 0 Å². The molecule has 0 saturated heterocycles. The third kappa shape index (κ3) is 0.464. The molecule has 0 spiro atoms. The number of hydrogen-bond donors (Lipinski definition) is 0. The van der Waals surface area contributed by atoms with Crippen LogP contribution in [0.3, 0.4) is 0 Å². The molecule has 0 aliphatic heterocycles. The smallest absolute Gasteiger partial charge is 0.168 e. The van der Waals surface area contributed by atoms with Crippen LogP contribution in [0.2, 0.25) is 0 Å². The van der Waals surface area contributed by atoms with Crippen LogP contribution in [0, 0.1) is 5.41 Å². The lowest BCUT2D eigenvalue weighted by molar-refractivity contribution is -0.119. The molecule has 0 N–H and O–H groups in total. The maximum absolute atomic E-state index is 11.4. The van der Waals surface area contributed by atoms with Crippen LogP contribution in [0.5, 0.6) is 0 Å². The molecule has 0 aromatic rings. The molecule has 2 bridgehead atoms. The van der Waals surface area contributed by atoms with E-state index >= 15 is 0 Å². The van der Waals surface area contributed by atoms with Crippen molar-refractivity contribution in [3.63, 3.8) is 0 Å². The second kappa shape index (κ2) is 1.60. The first-order valence-electron chi connectivity index (χ1n) is 3.66. The van der Waals surface area contributed by atoms with Crippen LogP contribution in [0.15, 0.2) is 24.3 Å². The molecule has 1 unspecified atom stereocenters. The molecule has 0 amide bonds. The number of Topliss-reactive ketones (excluding diaryl/α,β-unsaturated/α-hetero) is 1. The van der Waals surface area contributed by atoms with Gasteiger partial charge in [-0.25, -0.2) is 0 Å². The van der Waals surface area contributed by atoms with Gasteiger partial charge in [-0.1, -0.05) is 12.2 Å². The van der Waals surface area contributed by atoms with E-state index in [1.165, 1.54) is 0 Å². The highest BCUT2D eigenvalue weighted by molar-refractivity contribution is 6.05. The molecule has 10 heavy (non-hydrogen) atoms. The van der Waals surface area contributed by atoms with Gasteiger partial charge in [0.1, 0.15) is 0 Å². The zero-order valence-corrected chi connectivity index (χ0v) is 5.89. The highest BCUT2D eigenvalue weighted by atomic mass is 16.1. The standard InChI is InChI=1S/C9H10O/c1-2-9-5-3-7(4-6-9)8(9)10/h2-3H,1,4-6H2. The lowest BCUT2D eigenvalue weighted by Gasteiger charge is -2.17. The summed E-state index contributed by atoms with van der Waals surface area (Å²) in [6, 6.07) is 0. The second-order valence-corrected chi connectivity index (χ2v) is 3.12. The van der Waals surface area contributed by atoms with E-state index in [-0.39, 0.29) is 5.41 Å². The molecule has 2 aliphatic rings. The highest BCUT2D eigenvalue weighted by Crippen LogP contribution is 2.47. The fraction of sp³-hybridized carbons (Fsp3) is 0.444. The molecule has 1 fully saturated rings. The van der Waals surface area contributed by atoms with Crippen LogP contribution in [-0.4, -0.2) is 5.78 Å². The second-order valence-electron chi connectivity index (χ2n) is 3.12. The molecule has 0 radical (unpaired) electrons. The van der Waals surface area contributed by atoms with E-state index in [4.69, 9.17) is 0 Å². The van der Waals surface area contributed by atoms with Gasteiger partial charge in [0.15, 0.2) is 5.78 Å². The van der Waals surface area contributed by atoms with E-state index in [9.17, 15) is 4.79 Å². The Bertz CT molecular complexity index is 237. The number of carbonyl (C=O) groups excluding carboxylic acids is 1. The van der Waals surface area contributed by atoms with Gasteiger partial charge in [0.05, 0.1) is 5.41 Å². The Morgan fingerprint density at radius 1 is 1.70 bits per heavy atom. The number of carbonyl (C=O) groups is 1. The summed E-state index contributed by atoms with van der Waals surface area (Å²) >= 11 is 0. The van der Waals surface area contributed by atoms with E-state index in [0.717, 1.165) is 24.8 Å². The van der Waals surface area contributed by atoms with Gasteiger partial charge >= 0.3 is 0 Å². The Morgan fingerprint density at radius 2 is 2.50 bits per heavy atom. The number of hydrogen-bond acceptors (Lipinski definition) is 1. The predicted octanol–water partition coefficient (Wildman–Crippen LogP) is 1.85. The average molecular weight is 134 g/mol.